The number of esters is 1. The fourth-order valence-corrected chi connectivity index (χ4v) is 12.6. The molecule has 1 aliphatic heterocycles. The Morgan fingerprint density at radius 3 is 2.19 bits per heavy atom. The van der Waals surface area contributed by atoms with Crippen LogP contribution >= 0.6 is 0 Å². The topological polar surface area (TPSA) is 218 Å². The first kappa shape index (κ1) is 36.6. The molecule has 4 saturated carbocycles. The van der Waals surface area contributed by atoms with Crippen molar-refractivity contribution in [2.75, 3.05) is 19.8 Å². The molecule has 12 heteroatoms. The van der Waals surface area contributed by atoms with Crippen LogP contribution in [-0.4, -0.2) is 120 Å². The standard InChI is InChI=1S/C36H58O12/c1-31-14-20(40)28(44)32(2,17-39)22(31)9-10-34(4)23(31)7-6-19-27-35(5,46)18(15-37)8-11-36(27,13-12-33(19,34)3)30(45)48-29-26(43)25(42)24(41)21(16-38)47-29/h6,18,20-29,37-44,46H,7-17H2,1-5H3/t18-,20+,21+,22+,23+,24+,25-,26+,27+,28-,29-,31-,32-,33+,34+,35+,36-/m0/s1. The van der Waals surface area contributed by atoms with Gasteiger partial charge in [-0.15, -0.1) is 0 Å². The van der Waals surface area contributed by atoms with Crippen LogP contribution in [0.2, 0.25) is 0 Å². The molecule has 0 aromatic heterocycles. The monoisotopic (exact) mass is 682 g/mol. The molecular formula is C36H58O12. The zero-order valence-electron chi connectivity index (χ0n) is 29.0. The van der Waals surface area contributed by atoms with Gasteiger partial charge in [0.05, 0.1) is 36.4 Å². The number of rotatable bonds is 5. The molecular weight excluding hydrogens is 624 g/mol. The predicted octanol–water partition coefficient (Wildman–Crippen LogP) is 0.379. The molecule has 6 aliphatic rings. The van der Waals surface area contributed by atoms with Crippen molar-refractivity contribution in [3.8, 4) is 0 Å². The van der Waals surface area contributed by atoms with Crippen molar-refractivity contribution in [1.82, 2.24) is 0 Å². The van der Waals surface area contributed by atoms with E-state index in [1.807, 2.05) is 6.92 Å². The van der Waals surface area contributed by atoms with E-state index in [0.29, 0.717) is 38.5 Å². The van der Waals surface area contributed by atoms with E-state index < -0.39 is 94.6 Å². The number of carbonyl (C=O) groups is 1. The number of aliphatic hydroxyl groups excluding tert-OH is 8. The molecule has 0 amide bonds. The minimum Gasteiger partial charge on any atom is -0.432 e. The highest BCUT2D eigenvalue weighted by atomic mass is 16.7. The van der Waals surface area contributed by atoms with Gasteiger partial charge in [0, 0.05) is 23.9 Å². The van der Waals surface area contributed by atoms with E-state index in [9.17, 15) is 50.8 Å². The lowest BCUT2D eigenvalue weighted by Gasteiger charge is -2.72. The molecule has 0 unspecified atom stereocenters. The summed E-state index contributed by atoms with van der Waals surface area (Å²) in [6, 6.07) is 0. The average Bonchev–Trinajstić information content (AvgIpc) is 3.03. The van der Waals surface area contributed by atoms with Crippen LogP contribution in [0.4, 0.5) is 0 Å². The minimum atomic E-state index is -1.76. The molecule has 17 atom stereocenters. The SMILES string of the molecule is C[C@@]1(O)[C@H](CO)CC[C@]2(C(=O)O[C@@H]3O[C@H](CO)[C@@H](O)[C@H](O)[C@H]3O)CC[C@]3(C)C(=CC[C@@H]4[C@@]5(C)C[C@@H](O)[C@H](O)[C@@](C)(CO)[C@@H]5CC[C@]43C)[C@@H]21. The van der Waals surface area contributed by atoms with Gasteiger partial charge in [-0.25, -0.2) is 0 Å². The van der Waals surface area contributed by atoms with Crippen LogP contribution in [0.3, 0.4) is 0 Å². The van der Waals surface area contributed by atoms with E-state index in [-0.39, 0.29) is 30.5 Å². The van der Waals surface area contributed by atoms with Gasteiger partial charge in [0.25, 0.3) is 0 Å². The molecule has 0 radical (unpaired) electrons. The van der Waals surface area contributed by atoms with Gasteiger partial charge in [0.2, 0.25) is 6.29 Å². The molecule has 0 aromatic rings. The Labute approximate surface area is 282 Å². The maximum absolute atomic E-state index is 14.5. The second kappa shape index (κ2) is 11.9. The van der Waals surface area contributed by atoms with Crippen LogP contribution in [0.15, 0.2) is 11.6 Å². The third kappa shape index (κ3) is 4.66. The van der Waals surface area contributed by atoms with E-state index in [1.54, 1.807) is 6.92 Å². The Balaban J connectivity index is 1.41. The molecule has 6 rings (SSSR count). The summed E-state index contributed by atoms with van der Waals surface area (Å²) in [6.07, 6.45) is -3.75. The molecule has 48 heavy (non-hydrogen) atoms. The number of ether oxygens (including phenoxy) is 2. The largest absolute Gasteiger partial charge is 0.432 e. The van der Waals surface area contributed by atoms with E-state index in [2.05, 4.69) is 26.8 Å². The van der Waals surface area contributed by atoms with Gasteiger partial charge >= 0.3 is 5.97 Å². The highest BCUT2D eigenvalue weighted by Gasteiger charge is 2.73. The third-order valence-corrected chi connectivity index (χ3v) is 15.6. The first-order valence-corrected chi connectivity index (χ1v) is 17.9. The number of fused-ring (bicyclic) bond motifs is 7. The van der Waals surface area contributed by atoms with E-state index >= 15 is 0 Å². The molecule has 0 aromatic carbocycles. The first-order valence-electron chi connectivity index (χ1n) is 17.9. The van der Waals surface area contributed by atoms with Gasteiger partial charge in [0.15, 0.2) is 0 Å². The van der Waals surface area contributed by atoms with Crippen LogP contribution < -0.4 is 0 Å². The van der Waals surface area contributed by atoms with E-state index in [0.717, 1.165) is 18.4 Å². The van der Waals surface area contributed by atoms with Crippen LogP contribution in [0.25, 0.3) is 0 Å². The lowest BCUT2D eigenvalue weighted by molar-refractivity contribution is -0.299. The fraction of sp³-hybridized carbons (Fsp3) is 0.917. The highest BCUT2D eigenvalue weighted by Crippen LogP contribution is 2.76. The molecule has 1 heterocycles. The van der Waals surface area contributed by atoms with Gasteiger partial charge in [-0.1, -0.05) is 39.3 Å². The molecule has 0 spiro atoms. The fourth-order valence-electron chi connectivity index (χ4n) is 12.6. The number of allylic oxidation sites excluding steroid dienone is 1. The van der Waals surface area contributed by atoms with Crippen LogP contribution in [0.1, 0.15) is 86.0 Å². The zero-order chi connectivity index (χ0) is 35.4. The van der Waals surface area contributed by atoms with Crippen molar-refractivity contribution in [2.24, 2.45) is 50.7 Å². The molecule has 5 fully saturated rings. The number of hydrogen-bond donors (Lipinski definition) is 9. The van der Waals surface area contributed by atoms with Crippen LogP contribution in [0, 0.1) is 50.7 Å². The lowest BCUT2D eigenvalue weighted by Crippen LogP contribution is -2.70. The van der Waals surface area contributed by atoms with Gasteiger partial charge in [-0.2, -0.15) is 0 Å². The van der Waals surface area contributed by atoms with Crippen LogP contribution in [0.5, 0.6) is 0 Å². The van der Waals surface area contributed by atoms with Gasteiger partial charge in [-0.05, 0) is 86.4 Å². The minimum absolute atomic E-state index is 0.0298. The number of hydrogen-bond acceptors (Lipinski definition) is 12. The third-order valence-electron chi connectivity index (χ3n) is 15.6. The number of aliphatic hydroxyl groups is 9. The zero-order valence-corrected chi connectivity index (χ0v) is 29.0. The van der Waals surface area contributed by atoms with Crippen molar-refractivity contribution in [1.29, 1.82) is 0 Å². The molecule has 12 nitrogen and oxygen atoms in total. The normalized spacial score (nSPS) is 56.5. The van der Waals surface area contributed by atoms with Gasteiger partial charge < -0.3 is 55.4 Å². The Bertz CT molecular complexity index is 1290. The van der Waals surface area contributed by atoms with Crippen molar-refractivity contribution >= 4 is 5.97 Å². The van der Waals surface area contributed by atoms with Crippen molar-refractivity contribution < 1.29 is 60.2 Å². The van der Waals surface area contributed by atoms with E-state index in [4.69, 9.17) is 9.47 Å². The van der Waals surface area contributed by atoms with Crippen molar-refractivity contribution in [3.63, 3.8) is 0 Å². The van der Waals surface area contributed by atoms with E-state index in [1.165, 1.54) is 0 Å². The summed E-state index contributed by atoms with van der Waals surface area (Å²) in [5, 5.41) is 96.7. The Morgan fingerprint density at radius 2 is 1.56 bits per heavy atom. The molecule has 1 saturated heterocycles. The maximum Gasteiger partial charge on any atom is 0.315 e. The Hall–Kier alpha value is -1.19. The summed E-state index contributed by atoms with van der Waals surface area (Å²) in [5.41, 5.74) is -3.94. The van der Waals surface area contributed by atoms with Crippen LogP contribution in [-0.2, 0) is 14.3 Å². The Morgan fingerprint density at radius 1 is 0.875 bits per heavy atom. The quantitative estimate of drug-likeness (QED) is 0.142. The second-order valence-electron chi connectivity index (χ2n) is 17.5. The number of carbonyl (C=O) groups excluding carboxylic acids is 1. The van der Waals surface area contributed by atoms with Gasteiger partial charge in [-0.3, -0.25) is 4.79 Å². The lowest BCUT2D eigenvalue weighted by atomic mass is 9.33. The summed E-state index contributed by atoms with van der Waals surface area (Å²) >= 11 is 0. The summed E-state index contributed by atoms with van der Waals surface area (Å²) in [4.78, 5) is 14.5. The van der Waals surface area contributed by atoms with Crippen molar-refractivity contribution in [2.45, 2.75) is 135 Å². The first-order chi connectivity index (χ1) is 22.3. The Kier molecular flexibility index (Phi) is 9.10. The predicted molar refractivity (Wildman–Crippen MR) is 171 cm³/mol. The van der Waals surface area contributed by atoms with Gasteiger partial charge in [0.1, 0.15) is 24.4 Å². The summed E-state index contributed by atoms with van der Waals surface area (Å²) in [7, 11) is 0. The summed E-state index contributed by atoms with van der Waals surface area (Å²) < 4.78 is 11.4. The summed E-state index contributed by atoms with van der Waals surface area (Å²) in [6.45, 7) is 9.05. The molecule has 5 aliphatic carbocycles. The molecule has 0 bridgehead atoms. The maximum atomic E-state index is 14.5. The average molecular weight is 683 g/mol. The highest BCUT2D eigenvalue weighted by molar-refractivity contribution is 5.79. The second-order valence-corrected chi connectivity index (χ2v) is 17.5. The summed E-state index contributed by atoms with van der Waals surface area (Å²) in [5.74, 6) is -1.93. The smallest absolute Gasteiger partial charge is 0.315 e. The molecule has 274 valence electrons. The molecule has 9 N–H and O–H groups in total. The van der Waals surface area contributed by atoms with Crippen molar-refractivity contribution in [3.05, 3.63) is 11.6 Å².